The van der Waals surface area contributed by atoms with Crippen molar-refractivity contribution in [2.75, 3.05) is 5.73 Å². The summed E-state index contributed by atoms with van der Waals surface area (Å²) < 4.78 is 13.7. The van der Waals surface area contributed by atoms with Crippen LogP contribution in [0.1, 0.15) is 5.69 Å². The molecule has 0 radical (unpaired) electrons. The molecule has 2 aromatic rings. The molecule has 0 atom stereocenters. The third kappa shape index (κ3) is 1.79. The molecule has 0 unspecified atom stereocenters. The van der Waals surface area contributed by atoms with E-state index in [4.69, 9.17) is 5.73 Å². The summed E-state index contributed by atoms with van der Waals surface area (Å²) in [4.78, 5) is 7.65. The molecular formula is C11H10FN3. The molecule has 0 saturated carbocycles. The molecular weight excluding hydrogens is 193 g/mol. The third-order valence-corrected chi connectivity index (χ3v) is 2.08. The van der Waals surface area contributed by atoms with Crippen LogP contribution in [0.25, 0.3) is 11.3 Å². The van der Waals surface area contributed by atoms with E-state index in [1.165, 1.54) is 0 Å². The van der Waals surface area contributed by atoms with Gasteiger partial charge in [0.1, 0.15) is 5.69 Å². The predicted molar refractivity (Wildman–Crippen MR) is 56.6 cm³/mol. The van der Waals surface area contributed by atoms with Crippen LogP contribution < -0.4 is 5.73 Å². The number of anilines is 1. The topological polar surface area (TPSA) is 51.8 Å². The Balaban J connectivity index is 2.63. The molecule has 0 aliphatic carbocycles. The van der Waals surface area contributed by atoms with Gasteiger partial charge in [-0.3, -0.25) is 0 Å². The zero-order valence-corrected chi connectivity index (χ0v) is 8.24. The predicted octanol–water partition coefficient (Wildman–Crippen LogP) is 2.17. The highest BCUT2D eigenvalue weighted by molar-refractivity contribution is 5.61. The van der Waals surface area contributed by atoms with Gasteiger partial charge >= 0.3 is 0 Å². The van der Waals surface area contributed by atoms with Crippen LogP contribution >= 0.6 is 0 Å². The molecule has 0 bridgehead atoms. The van der Waals surface area contributed by atoms with Gasteiger partial charge in [0.25, 0.3) is 0 Å². The van der Waals surface area contributed by atoms with Gasteiger partial charge in [0, 0.05) is 5.56 Å². The van der Waals surface area contributed by atoms with Crippen LogP contribution in [0.2, 0.25) is 0 Å². The number of halogens is 1. The highest BCUT2D eigenvalue weighted by Crippen LogP contribution is 2.22. The SMILES string of the molecule is Cc1nc(N)nc(-c2ccccc2)c1F. The van der Waals surface area contributed by atoms with Crippen LogP contribution in [0.4, 0.5) is 10.3 Å². The smallest absolute Gasteiger partial charge is 0.220 e. The number of nitrogens with two attached hydrogens (primary N) is 1. The summed E-state index contributed by atoms with van der Waals surface area (Å²) >= 11 is 0. The quantitative estimate of drug-likeness (QED) is 0.772. The van der Waals surface area contributed by atoms with Crippen LogP contribution in [-0.2, 0) is 0 Å². The molecule has 0 aliphatic rings. The van der Waals surface area contributed by atoms with Crippen molar-refractivity contribution < 1.29 is 4.39 Å². The second kappa shape index (κ2) is 3.65. The molecule has 15 heavy (non-hydrogen) atoms. The molecule has 4 heteroatoms. The lowest BCUT2D eigenvalue weighted by atomic mass is 10.1. The Kier molecular flexibility index (Phi) is 2.33. The highest BCUT2D eigenvalue weighted by Gasteiger charge is 2.11. The monoisotopic (exact) mass is 203 g/mol. The zero-order chi connectivity index (χ0) is 10.8. The van der Waals surface area contributed by atoms with E-state index in [-0.39, 0.29) is 17.3 Å². The van der Waals surface area contributed by atoms with Gasteiger partial charge in [0.05, 0.1) is 5.69 Å². The van der Waals surface area contributed by atoms with Crippen molar-refractivity contribution in [3.05, 3.63) is 41.8 Å². The first-order chi connectivity index (χ1) is 7.18. The van der Waals surface area contributed by atoms with Gasteiger partial charge in [0.2, 0.25) is 5.95 Å². The average molecular weight is 203 g/mol. The lowest BCUT2D eigenvalue weighted by Crippen LogP contribution is -2.02. The van der Waals surface area contributed by atoms with Crippen molar-refractivity contribution >= 4 is 5.95 Å². The second-order valence-corrected chi connectivity index (χ2v) is 3.20. The van der Waals surface area contributed by atoms with E-state index >= 15 is 0 Å². The second-order valence-electron chi connectivity index (χ2n) is 3.20. The molecule has 0 fully saturated rings. The van der Waals surface area contributed by atoms with E-state index in [1.54, 1.807) is 19.1 Å². The molecule has 1 aromatic heterocycles. The largest absolute Gasteiger partial charge is 0.368 e. The fraction of sp³-hybridized carbons (Fsp3) is 0.0909. The van der Waals surface area contributed by atoms with Gasteiger partial charge < -0.3 is 5.73 Å². The molecule has 0 aliphatic heterocycles. The van der Waals surface area contributed by atoms with Crippen molar-refractivity contribution in [3.8, 4) is 11.3 Å². The molecule has 2 rings (SSSR count). The number of nitrogen functional groups attached to an aromatic ring is 1. The fourth-order valence-corrected chi connectivity index (χ4v) is 1.37. The van der Waals surface area contributed by atoms with Crippen molar-refractivity contribution in [1.29, 1.82) is 0 Å². The molecule has 0 spiro atoms. The van der Waals surface area contributed by atoms with Gasteiger partial charge in [0.15, 0.2) is 5.82 Å². The first kappa shape index (κ1) is 9.58. The number of aryl methyl sites for hydroxylation is 1. The first-order valence-corrected chi connectivity index (χ1v) is 4.53. The van der Waals surface area contributed by atoms with E-state index in [1.807, 2.05) is 18.2 Å². The Bertz CT molecular complexity index is 483. The summed E-state index contributed by atoms with van der Waals surface area (Å²) in [5.41, 5.74) is 6.69. The Morgan fingerprint density at radius 1 is 1.13 bits per heavy atom. The normalized spacial score (nSPS) is 10.3. The third-order valence-electron chi connectivity index (χ3n) is 2.08. The summed E-state index contributed by atoms with van der Waals surface area (Å²) in [7, 11) is 0. The molecule has 3 nitrogen and oxygen atoms in total. The Labute approximate surface area is 86.8 Å². The Morgan fingerprint density at radius 2 is 1.80 bits per heavy atom. The lowest BCUT2D eigenvalue weighted by molar-refractivity contribution is 0.607. The maximum atomic E-state index is 13.7. The van der Waals surface area contributed by atoms with E-state index in [9.17, 15) is 4.39 Å². The minimum atomic E-state index is -0.421. The number of hydrogen-bond acceptors (Lipinski definition) is 3. The van der Waals surface area contributed by atoms with Gasteiger partial charge in [-0.2, -0.15) is 0 Å². The molecule has 0 saturated heterocycles. The van der Waals surface area contributed by atoms with E-state index < -0.39 is 5.82 Å². The van der Waals surface area contributed by atoms with Gasteiger partial charge in [-0.15, -0.1) is 0 Å². The summed E-state index contributed by atoms with van der Waals surface area (Å²) in [6.45, 7) is 1.57. The number of benzene rings is 1. The molecule has 2 N–H and O–H groups in total. The number of hydrogen-bond donors (Lipinski definition) is 1. The number of aromatic nitrogens is 2. The Hall–Kier alpha value is -1.97. The summed E-state index contributed by atoms with van der Waals surface area (Å²) in [5, 5.41) is 0. The fourth-order valence-electron chi connectivity index (χ4n) is 1.37. The van der Waals surface area contributed by atoms with Crippen molar-refractivity contribution in [2.24, 2.45) is 0 Å². The molecule has 0 amide bonds. The molecule has 1 heterocycles. The van der Waals surface area contributed by atoms with Gasteiger partial charge in [-0.05, 0) is 6.92 Å². The van der Waals surface area contributed by atoms with Crippen molar-refractivity contribution in [3.63, 3.8) is 0 Å². The van der Waals surface area contributed by atoms with Crippen LogP contribution in [0, 0.1) is 12.7 Å². The van der Waals surface area contributed by atoms with Crippen LogP contribution in [-0.4, -0.2) is 9.97 Å². The average Bonchev–Trinajstić information content (AvgIpc) is 2.24. The first-order valence-electron chi connectivity index (χ1n) is 4.53. The van der Waals surface area contributed by atoms with Crippen LogP contribution in [0.15, 0.2) is 30.3 Å². The lowest BCUT2D eigenvalue weighted by Gasteiger charge is -2.05. The van der Waals surface area contributed by atoms with Crippen molar-refractivity contribution in [1.82, 2.24) is 9.97 Å². The van der Waals surface area contributed by atoms with E-state index in [2.05, 4.69) is 9.97 Å². The molecule has 1 aromatic carbocycles. The Morgan fingerprint density at radius 3 is 2.47 bits per heavy atom. The minimum Gasteiger partial charge on any atom is -0.368 e. The highest BCUT2D eigenvalue weighted by atomic mass is 19.1. The minimum absolute atomic E-state index is 0.0905. The van der Waals surface area contributed by atoms with E-state index in [0.717, 1.165) is 0 Å². The zero-order valence-electron chi connectivity index (χ0n) is 8.24. The van der Waals surface area contributed by atoms with Crippen molar-refractivity contribution in [2.45, 2.75) is 6.92 Å². The summed E-state index contributed by atoms with van der Waals surface area (Å²) in [5.74, 6) is -0.330. The summed E-state index contributed by atoms with van der Waals surface area (Å²) in [6, 6.07) is 9.07. The van der Waals surface area contributed by atoms with Gasteiger partial charge in [-0.25, -0.2) is 14.4 Å². The summed E-state index contributed by atoms with van der Waals surface area (Å²) in [6.07, 6.45) is 0. The van der Waals surface area contributed by atoms with E-state index in [0.29, 0.717) is 5.56 Å². The van der Waals surface area contributed by atoms with Crippen LogP contribution in [0.3, 0.4) is 0 Å². The number of rotatable bonds is 1. The standard InChI is InChI=1S/C11H10FN3/c1-7-9(12)10(15-11(13)14-7)8-5-3-2-4-6-8/h2-6H,1H3,(H2,13,14,15). The molecule has 76 valence electrons. The number of nitrogens with zero attached hydrogens (tertiary/aromatic N) is 2. The maximum absolute atomic E-state index is 13.7. The van der Waals surface area contributed by atoms with Gasteiger partial charge in [-0.1, -0.05) is 30.3 Å². The van der Waals surface area contributed by atoms with Crippen LogP contribution in [0.5, 0.6) is 0 Å². The maximum Gasteiger partial charge on any atom is 0.220 e.